The lowest BCUT2D eigenvalue weighted by Gasteiger charge is -2.11. The fourth-order valence-corrected chi connectivity index (χ4v) is 1.83. The molecule has 0 saturated heterocycles. The number of aryl methyl sites for hydroxylation is 1. The van der Waals surface area contributed by atoms with Crippen molar-refractivity contribution in [3.8, 4) is 0 Å². The van der Waals surface area contributed by atoms with E-state index in [2.05, 4.69) is 15.6 Å². The van der Waals surface area contributed by atoms with Gasteiger partial charge in [0.2, 0.25) is 0 Å². The van der Waals surface area contributed by atoms with Crippen LogP contribution in [0.1, 0.15) is 23.0 Å². The third-order valence-electron chi connectivity index (χ3n) is 2.77. The van der Waals surface area contributed by atoms with Crippen LogP contribution in [0.15, 0.2) is 36.5 Å². The van der Waals surface area contributed by atoms with E-state index in [1.165, 1.54) is 18.3 Å². The topological polar surface area (TPSA) is 54.0 Å². The number of halogens is 1. The zero-order valence-electron chi connectivity index (χ0n) is 11.4. The molecule has 0 spiro atoms. The van der Waals surface area contributed by atoms with E-state index in [4.69, 9.17) is 0 Å². The lowest BCUT2D eigenvalue weighted by atomic mass is 10.2. The predicted octanol–water partition coefficient (Wildman–Crippen LogP) is 3.21. The maximum atomic E-state index is 13.5. The molecule has 5 heteroatoms. The van der Waals surface area contributed by atoms with Gasteiger partial charge in [0.05, 0.1) is 16.9 Å². The number of benzene rings is 1. The fraction of sp³-hybridized carbons (Fsp3) is 0.200. The third-order valence-corrected chi connectivity index (χ3v) is 2.77. The minimum absolute atomic E-state index is 0.153. The summed E-state index contributed by atoms with van der Waals surface area (Å²) in [5, 5.41) is 5.65. The molecule has 1 aromatic heterocycles. The summed E-state index contributed by atoms with van der Waals surface area (Å²) in [5.41, 5.74) is 2.04. The molecule has 2 aromatic rings. The van der Waals surface area contributed by atoms with E-state index < -0.39 is 11.7 Å². The molecule has 0 saturated carbocycles. The molecule has 0 bridgehead atoms. The average Bonchev–Trinajstić information content (AvgIpc) is 2.42. The van der Waals surface area contributed by atoms with Crippen molar-refractivity contribution < 1.29 is 9.18 Å². The van der Waals surface area contributed by atoms with Crippen LogP contribution in [-0.4, -0.2) is 17.4 Å². The van der Waals surface area contributed by atoms with Crippen LogP contribution < -0.4 is 10.6 Å². The standard InChI is InChI=1S/C15H16FN3O/c1-3-17-14-8-10(2)18-9-11(14)15(20)19-13-7-5-4-6-12(13)16/h4-9H,3H2,1-2H3,(H,17,18)(H,19,20). The molecule has 2 rings (SSSR count). The number of pyridine rings is 1. The van der Waals surface area contributed by atoms with Crippen molar-refractivity contribution in [2.24, 2.45) is 0 Å². The lowest BCUT2D eigenvalue weighted by Crippen LogP contribution is -2.16. The van der Waals surface area contributed by atoms with E-state index in [0.717, 1.165) is 5.69 Å². The quantitative estimate of drug-likeness (QED) is 0.899. The SMILES string of the molecule is CCNc1cc(C)ncc1C(=O)Nc1ccccc1F. The highest BCUT2D eigenvalue weighted by Gasteiger charge is 2.13. The van der Waals surface area contributed by atoms with Gasteiger partial charge in [0.25, 0.3) is 5.91 Å². The molecular weight excluding hydrogens is 257 g/mol. The zero-order valence-corrected chi connectivity index (χ0v) is 11.4. The molecule has 0 aliphatic carbocycles. The molecule has 0 radical (unpaired) electrons. The van der Waals surface area contributed by atoms with Crippen molar-refractivity contribution in [3.63, 3.8) is 0 Å². The minimum atomic E-state index is -0.467. The number of aromatic nitrogens is 1. The number of hydrogen-bond donors (Lipinski definition) is 2. The number of carbonyl (C=O) groups is 1. The van der Waals surface area contributed by atoms with E-state index in [1.54, 1.807) is 18.2 Å². The second-order valence-corrected chi connectivity index (χ2v) is 4.34. The Balaban J connectivity index is 2.27. The first-order chi connectivity index (χ1) is 9.61. The minimum Gasteiger partial charge on any atom is -0.385 e. The van der Waals surface area contributed by atoms with Gasteiger partial charge in [0, 0.05) is 18.4 Å². The Kier molecular flexibility index (Phi) is 4.30. The number of hydrogen-bond acceptors (Lipinski definition) is 3. The summed E-state index contributed by atoms with van der Waals surface area (Å²) in [4.78, 5) is 16.3. The number of carbonyl (C=O) groups excluding carboxylic acids is 1. The van der Waals surface area contributed by atoms with Crippen LogP contribution >= 0.6 is 0 Å². The normalized spacial score (nSPS) is 10.2. The summed E-state index contributed by atoms with van der Waals surface area (Å²) < 4.78 is 13.5. The number of nitrogens with zero attached hydrogens (tertiary/aromatic N) is 1. The van der Waals surface area contributed by atoms with Crippen molar-refractivity contribution >= 4 is 17.3 Å². The Morgan fingerprint density at radius 1 is 1.30 bits per heavy atom. The smallest absolute Gasteiger partial charge is 0.259 e. The van der Waals surface area contributed by atoms with Crippen molar-refractivity contribution in [2.75, 3.05) is 17.2 Å². The Morgan fingerprint density at radius 2 is 2.05 bits per heavy atom. The molecule has 0 aliphatic heterocycles. The van der Waals surface area contributed by atoms with Crippen LogP contribution in [0.4, 0.5) is 15.8 Å². The molecule has 1 heterocycles. The summed E-state index contributed by atoms with van der Waals surface area (Å²) in [7, 11) is 0. The van der Waals surface area contributed by atoms with Gasteiger partial charge in [-0.15, -0.1) is 0 Å². The molecule has 104 valence electrons. The van der Waals surface area contributed by atoms with Crippen LogP contribution in [0.5, 0.6) is 0 Å². The first-order valence-electron chi connectivity index (χ1n) is 6.38. The second kappa shape index (κ2) is 6.14. The molecule has 0 atom stereocenters. The van der Waals surface area contributed by atoms with Gasteiger partial charge in [-0.25, -0.2) is 4.39 Å². The van der Waals surface area contributed by atoms with Gasteiger partial charge in [0.15, 0.2) is 0 Å². The first kappa shape index (κ1) is 14.0. The van der Waals surface area contributed by atoms with E-state index in [-0.39, 0.29) is 5.69 Å². The maximum Gasteiger partial charge on any atom is 0.259 e. The number of nitrogens with one attached hydrogen (secondary N) is 2. The van der Waals surface area contributed by atoms with Crippen LogP contribution in [0, 0.1) is 12.7 Å². The van der Waals surface area contributed by atoms with Crippen LogP contribution in [0.2, 0.25) is 0 Å². The van der Waals surface area contributed by atoms with Gasteiger partial charge in [-0.3, -0.25) is 9.78 Å². The Bertz CT molecular complexity index is 628. The first-order valence-corrected chi connectivity index (χ1v) is 6.38. The summed E-state index contributed by atoms with van der Waals surface area (Å²) in [6.07, 6.45) is 1.49. The molecule has 4 nitrogen and oxygen atoms in total. The summed E-state index contributed by atoms with van der Waals surface area (Å²) >= 11 is 0. The van der Waals surface area contributed by atoms with E-state index in [0.29, 0.717) is 17.8 Å². The van der Waals surface area contributed by atoms with Crippen molar-refractivity contribution in [2.45, 2.75) is 13.8 Å². The molecule has 0 aliphatic rings. The fourth-order valence-electron chi connectivity index (χ4n) is 1.83. The zero-order chi connectivity index (χ0) is 14.5. The Hall–Kier alpha value is -2.43. The van der Waals surface area contributed by atoms with Gasteiger partial charge >= 0.3 is 0 Å². The van der Waals surface area contributed by atoms with Crippen LogP contribution in [0.25, 0.3) is 0 Å². The van der Waals surface area contributed by atoms with Gasteiger partial charge < -0.3 is 10.6 Å². The molecular formula is C15H16FN3O. The van der Waals surface area contributed by atoms with E-state index in [1.807, 2.05) is 13.8 Å². The van der Waals surface area contributed by atoms with Gasteiger partial charge in [0.1, 0.15) is 5.82 Å². The molecule has 1 amide bonds. The Labute approximate surface area is 117 Å². The number of anilines is 2. The highest BCUT2D eigenvalue weighted by Crippen LogP contribution is 2.19. The number of amides is 1. The summed E-state index contributed by atoms with van der Waals surface area (Å²) in [6.45, 7) is 4.47. The van der Waals surface area contributed by atoms with Crippen LogP contribution in [-0.2, 0) is 0 Å². The van der Waals surface area contributed by atoms with E-state index >= 15 is 0 Å². The molecule has 1 aromatic carbocycles. The highest BCUT2D eigenvalue weighted by molar-refractivity contribution is 6.07. The van der Waals surface area contributed by atoms with Crippen LogP contribution in [0.3, 0.4) is 0 Å². The largest absolute Gasteiger partial charge is 0.385 e. The van der Waals surface area contributed by atoms with E-state index in [9.17, 15) is 9.18 Å². The lowest BCUT2D eigenvalue weighted by molar-refractivity contribution is 0.102. The maximum absolute atomic E-state index is 13.5. The Morgan fingerprint density at radius 3 is 2.75 bits per heavy atom. The molecule has 20 heavy (non-hydrogen) atoms. The summed E-state index contributed by atoms with van der Waals surface area (Å²) in [5.74, 6) is -0.857. The van der Waals surface area contributed by atoms with Crippen molar-refractivity contribution in [1.82, 2.24) is 4.98 Å². The van der Waals surface area contributed by atoms with Crippen molar-refractivity contribution in [1.29, 1.82) is 0 Å². The van der Waals surface area contributed by atoms with Gasteiger partial charge in [-0.1, -0.05) is 12.1 Å². The number of para-hydroxylation sites is 1. The molecule has 0 fully saturated rings. The second-order valence-electron chi connectivity index (χ2n) is 4.34. The predicted molar refractivity (Wildman–Crippen MR) is 77.5 cm³/mol. The number of rotatable bonds is 4. The van der Waals surface area contributed by atoms with Gasteiger partial charge in [-0.2, -0.15) is 0 Å². The average molecular weight is 273 g/mol. The van der Waals surface area contributed by atoms with Gasteiger partial charge in [-0.05, 0) is 32.0 Å². The third kappa shape index (κ3) is 3.12. The summed E-state index contributed by atoms with van der Waals surface area (Å²) in [6, 6.07) is 7.84. The molecule has 0 unspecified atom stereocenters. The highest BCUT2D eigenvalue weighted by atomic mass is 19.1. The molecule has 2 N–H and O–H groups in total. The monoisotopic (exact) mass is 273 g/mol. The van der Waals surface area contributed by atoms with Crippen molar-refractivity contribution in [3.05, 3.63) is 53.6 Å².